The molecule has 10 aromatic rings. The number of nitrogens with zero attached hydrogens (tertiary/aromatic N) is 4. The van der Waals surface area contributed by atoms with Crippen molar-refractivity contribution in [3.63, 3.8) is 0 Å². The SMILES string of the molecule is c1ccc(-c2nc(-c3ccccc3)nc(-c3ccc4c(c3)nc(-c3ccccc3)c3cc5c(cc34)C3(c4ccccc4Oc4ccccc43)c3ccccc3-5)n2)cc1. The second-order valence-electron chi connectivity index (χ2n) is 14.9. The molecule has 0 saturated heterocycles. The van der Waals surface area contributed by atoms with Crippen LogP contribution in [0.2, 0.25) is 0 Å². The fraction of sp³-hybridized carbons (Fsp3) is 0.0189. The van der Waals surface area contributed by atoms with E-state index in [9.17, 15) is 0 Å². The summed E-state index contributed by atoms with van der Waals surface area (Å²) in [6.07, 6.45) is 0. The van der Waals surface area contributed by atoms with Gasteiger partial charge in [-0.2, -0.15) is 0 Å². The van der Waals surface area contributed by atoms with Crippen LogP contribution < -0.4 is 4.74 Å². The van der Waals surface area contributed by atoms with Gasteiger partial charge in [0, 0.05) is 44.2 Å². The fourth-order valence-electron chi connectivity index (χ4n) is 9.24. The van der Waals surface area contributed by atoms with Crippen LogP contribution in [0.3, 0.4) is 0 Å². The van der Waals surface area contributed by atoms with Gasteiger partial charge in [0.25, 0.3) is 0 Å². The van der Waals surface area contributed by atoms with Crippen LogP contribution in [0.1, 0.15) is 22.3 Å². The van der Waals surface area contributed by atoms with Crippen molar-refractivity contribution in [2.75, 3.05) is 0 Å². The van der Waals surface area contributed by atoms with Crippen LogP contribution in [0.25, 0.3) is 78.2 Å². The van der Waals surface area contributed by atoms with Crippen molar-refractivity contribution in [1.82, 2.24) is 19.9 Å². The molecule has 1 spiro atoms. The van der Waals surface area contributed by atoms with Gasteiger partial charge in [0.2, 0.25) is 0 Å². The molecule has 0 radical (unpaired) electrons. The summed E-state index contributed by atoms with van der Waals surface area (Å²) in [4.78, 5) is 20.5. The third kappa shape index (κ3) is 4.77. The third-order valence-corrected chi connectivity index (χ3v) is 11.8. The molecule has 3 heterocycles. The summed E-state index contributed by atoms with van der Waals surface area (Å²) in [7, 11) is 0. The van der Waals surface area contributed by atoms with E-state index in [1.54, 1.807) is 0 Å². The highest BCUT2D eigenvalue weighted by molar-refractivity contribution is 6.14. The van der Waals surface area contributed by atoms with Crippen LogP contribution in [-0.2, 0) is 5.41 Å². The van der Waals surface area contributed by atoms with Crippen LogP contribution in [-0.4, -0.2) is 19.9 Å². The number of benzene rings is 8. The van der Waals surface area contributed by atoms with Crippen molar-refractivity contribution in [3.8, 4) is 68.0 Å². The average molecular weight is 741 g/mol. The highest BCUT2D eigenvalue weighted by atomic mass is 16.5. The Labute approximate surface area is 335 Å². The smallest absolute Gasteiger partial charge is 0.164 e. The molecule has 5 heteroatoms. The van der Waals surface area contributed by atoms with E-state index in [0.717, 1.165) is 72.2 Å². The monoisotopic (exact) mass is 740 g/mol. The van der Waals surface area contributed by atoms with E-state index < -0.39 is 5.41 Å². The van der Waals surface area contributed by atoms with Crippen LogP contribution in [0.4, 0.5) is 0 Å². The van der Waals surface area contributed by atoms with Gasteiger partial charge >= 0.3 is 0 Å². The van der Waals surface area contributed by atoms with Crippen molar-refractivity contribution >= 4 is 21.7 Å². The second kappa shape index (κ2) is 12.6. The van der Waals surface area contributed by atoms with Gasteiger partial charge in [0.15, 0.2) is 17.5 Å². The predicted octanol–water partition coefficient (Wildman–Crippen LogP) is 12.7. The largest absolute Gasteiger partial charge is 0.457 e. The Bertz CT molecular complexity index is 3150. The van der Waals surface area contributed by atoms with Crippen molar-refractivity contribution in [2.45, 2.75) is 5.41 Å². The quantitative estimate of drug-likeness (QED) is 0.168. The number of pyridine rings is 1. The lowest BCUT2D eigenvalue weighted by Gasteiger charge is -2.39. The Hall–Kier alpha value is -7.76. The molecule has 0 fully saturated rings. The van der Waals surface area contributed by atoms with Gasteiger partial charge in [-0.05, 0) is 58.0 Å². The normalized spacial score (nSPS) is 13.1. The highest BCUT2D eigenvalue weighted by Crippen LogP contribution is 2.62. The van der Waals surface area contributed by atoms with Gasteiger partial charge in [-0.25, -0.2) is 19.9 Å². The van der Waals surface area contributed by atoms with Gasteiger partial charge in [-0.3, -0.25) is 0 Å². The average Bonchev–Trinajstić information content (AvgIpc) is 3.58. The molecule has 0 amide bonds. The van der Waals surface area contributed by atoms with Gasteiger partial charge in [0.05, 0.1) is 16.6 Å². The van der Waals surface area contributed by atoms with Crippen molar-refractivity contribution in [3.05, 3.63) is 216 Å². The van der Waals surface area contributed by atoms with Crippen LogP contribution in [0, 0.1) is 0 Å². The summed E-state index contributed by atoms with van der Waals surface area (Å²) >= 11 is 0. The molecular weight excluding hydrogens is 709 g/mol. The maximum atomic E-state index is 6.63. The molecule has 2 aromatic heterocycles. The first-order valence-corrected chi connectivity index (χ1v) is 19.6. The molecule has 0 bridgehead atoms. The van der Waals surface area contributed by atoms with Crippen LogP contribution in [0.5, 0.6) is 11.5 Å². The Kier molecular flexibility index (Phi) is 7.07. The van der Waals surface area contributed by atoms with Gasteiger partial charge in [-0.1, -0.05) is 164 Å². The van der Waals surface area contributed by atoms with Gasteiger partial charge in [-0.15, -0.1) is 0 Å². The van der Waals surface area contributed by atoms with Gasteiger partial charge in [0.1, 0.15) is 11.5 Å². The summed E-state index contributed by atoms with van der Waals surface area (Å²) < 4.78 is 6.63. The predicted molar refractivity (Wildman–Crippen MR) is 232 cm³/mol. The number of rotatable bonds is 4. The zero-order valence-electron chi connectivity index (χ0n) is 31.2. The number of hydrogen-bond donors (Lipinski definition) is 0. The second-order valence-corrected chi connectivity index (χ2v) is 14.9. The summed E-state index contributed by atoms with van der Waals surface area (Å²) in [6, 6.07) is 67.8. The van der Waals surface area contributed by atoms with E-state index in [2.05, 4.69) is 133 Å². The lowest BCUT2D eigenvalue weighted by atomic mass is 9.66. The topological polar surface area (TPSA) is 60.8 Å². The molecule has 0 N–H and O–H groups in total. The molecular formula is C53H32N4O. The Morgan fingerprint density at radius 1 is 0.328 bits per heavy atom. The molecule has 5 nitrogen and oxygen atoms in total. The summed E-state index contributed by atoms with van der Waals surface area (Å²) in [5.41, 5.74) is 12.2. The lowest BCUT2D eigenvalue weighted by molar-refractivity contribution is 0.436. The fourth-order valence-corrected chi connectivity index (χ4v) is 9.24. The number of aromatic nitrogens is 4. The van der Waals surface area contributed by atoms with Crippen LogP contribution >= 0.6 is 0 Å². The molecule has 2 aliphatic rings. The first kappa shape index (κ1) is 32.5. The number of fused-ring (bicyclic) bond motifs is 12. The summed E-state index contributed by atoms with van der Waals surface area (Å²) in [5, 5.41) is 3.29. The number of hydrogen-bond acceptors (Lipinski definition) is 5. The molecule has 0 atom stereocenters. The first-order valence-electron chi connectivity index (χ1n) is 19.6. The summed E-state index contributed by atoms with van der Waals surface area (Å²) in [5.74, 6) is 3.59. The zero-order chi connectivity index (χ0) is 38.2. The first-order chi connectivity index (χ1) is 28.7. The van der Waals surface area contributed by atoms with E-state index in [4.69, 9.17) is 24.7 Å². The standard InChI is InChI=1S/C53H32N4O/c1-4-16-33(17-5-1)49-41-31-40-37-22-10-11-23-42(37)53(43-24-12-14-26-47(43)58-48-27-15-13-25-44(48)53)45(40)32-39(41)38-29-28-36(30-46(38)54-49)52-56-50(34-18-6-2-7-19-34)55-51(57-52)35-20-8-3-9-21-35/h1-32H. The van der Waals surface area contributed by atoms with E-state index in [-0.39, 0.29) is 0 Å². The van der Waals surface area contributed by atoms with Crippen molar-refractivity contribution in [1.29, 1.82) is 0 Å². The number of ether oxygens (including phenoxy) is 1. The molecule has 8 aromatic carbocycles. The molecule has 1 aliphatic carbocycles. The zero-order valence-corrected chi connectivity index (χ0v) is 31.2. The van der Waals surface area contributed by atoms with Crippen molar-refractivity contribution < 1.29 is 4.74 Å². The highest BCUT2D eigenvalue weighted by Gasteiger charge is 2.51. The van der Waals surface area contributed by atoms with E-state index in [0.29, 0.717) is 17.5 Å². The minimum absolute atomic E-state index is 0.583. The number of para-hydroxylation sites is 2. The molecule has 58 heavy (non-hydrogen) atoms. The Morgan fingerprint density at radius 2 is 0.845 bits per heavy atom. The summed E-state index contributed by atoms with van der Waals surface area (Å²) in [6.45, 7) is 0. The molecule has 0 saturated carbocycles. The molecule has 12 rings (SSSR count). The maximum absolute atomic E-state index is 6.63. The lowest BCUT2D eigenvalue weighted by Crippen LogP contribution is -2.32. The maximum Gasteiger partial charge on any atom is 0.164 e. The van der Waals surface area contributed by atoms with E-state index in [1.165, 1.54) is 22.3 Å². The Morgan fingerprint density at radius 3 is 1.47 bits per heavy atom. The van der Waals surface area contributed by atoms with E-state index in [1.807, 2.05) is 60.7 Å². The van der Waals surface area contributed by atoms with Crippen molar-refractivity contribution in [2.24, 2.45) is 0 Å². The molecule has 1 aliphatic heterocycles. The minimum Gasteiger partial charge on any atom is -0.457 e. The van der Waals surface area contributed by atoms with Crippen LogP contribution in [0.15, 0.2) is 194 Å². The molecule has 0 unspecified atom stereocenters. The Balaban J connectivity index is 1.15. The van der Waals surface area contributed by atoms with E-state index >= 15 is 0 Å². The minimum atomic E-state index is -0.583. The third-order valence-electron chi connectivity index (χ3n) is 11.8. The molecule has 270 valence electrons. The van der Waals surface area contributed by atoms with Gasteiger partial charge < -0.3 is 4.74 Å².